The zero-order valence-corrected chi connectivity index (χ0v) is 15.6. The van der Waals surface area contributed by atoms with Gasteiger partial charge in [0.25, 0.3) is 0 Å². The first kappa shape index (κ1) is 19.9. The second-order valence-corrected chi connectivity index (χ2v) is 6.73. The fraction of sp³-hybridized carbons (Fsp3) is 0.421. The zero-order chi connectivity index (χ0) is 20.3. The summed E-state index contributed by atoms with van der Waals surface area (Å²) in [4.78, 5) is 22.5. The lowest BCUT2D eigenvalue weighted by atomic mass is 10.1. The Morgan fingerprint density at radius 3 is 2.75 bits per heavy atom. The highest BCUT2D eigenvalue weighted by Gasteiger charge is 2.31. The number of urea groups is 1. The van der Waals surface area contributed by atoms with Gasteiger partial charge >= 0.3 is 12.2 Å². The molecular formula is C19H21F3N4O2. The number of carbonyl (C=O) groups excluding carboxylic acids is 1. The molecule has 1 aliphatic rings. The Bertz CT molecular complexity index is 837. The molecule has 1 unspecified atom stereocenters. The molecule has 0 saturated carbocycles. The highest BCUT2D eigenvalue weighted by molar-refractivity contribution is 5.89. The molecule has 1 atom stereocenters. The van der Waals surface area contributed by atoms with Gasteiger partial charge in [-0.1, -0.05) is 6.07 Å². The molecule has 2 aromatic rings. The molecule has 1 aliphatic heterocycles. The van der Waals surface area contributed by atoms with E-state index in [9.17, 15) is 18.0 Å². The van der Waals surface area contributed by atoms with Crippen molar-refractivity contribution >= 4 is 11.7 Å². The smallest absolute Gasteiger partial charge is 0.416 e. The van der Waals surface area contributed by atoms with E-state index in [1.165, 1.54) is 17.0 Å². The first-order chi connectivity index (χ1) is 13.2. The second kappa shape index (κ2) is 8.04. The molecule has 1 fully saturated rings. The van der Waals surface area contributed by atoms with Gasteiger partial charge < -0.3 is 15.0 Å². The van der Waals surface area contributed by atoms with Gasteiger partial charge in [-0.15, -0.1) is 0 Å². The van der Waals surface area contributed by atoms with Crippen molar-refractivity contribution in [2.75, 3.05) is 18.4 Å². The molecule has 1 aromatic carbocycles. The van der Waals surface area contributed by atoms with Crippen molar-refractivity contribution in [1.82, 2.24) is 14.9 Å². The SMILES string of the molecule is Cc1cc(OC2CCCN(C(=O)Nc3cccc(C(F)(F)F)c3)C2)nc(C)n1. The van der Waals surface area contributed by atoms with Gasteiger partial charge in [0.2, 0.25) is 5.88 Å². The summed E-state index contributed by atoms with van der Waals surface area (Å²) in [7, 11) is 0. The number of aromatic nitrogens is 2. The summed E-state index contributed by atoms with van der Waals surface area (Å²) < 4.78 is 44.4. The quantitative estimate of drug-likeness (QED) is 0.848. The van der Waals surface area contributed by atoms with Crippen LogP contribution in [0.25, 0.3) is 0 Å². The van der Waals surface area contributed by atoms with E-state index in [0.29, 0.717) is 24.8 Å². The standard InChI is InChI=1S/C19H21F3N4O2/c1-12-9-17(24-13(2)23-12)28-16-7-4-8-26(11-16)18(27)25-15-6-3-5-14(10-15)19(20,21)22/h3,5-6,9-10,16H,4,7-8,11H2,1-2H3,(H,25,27). The number of likely N-dealkylation sites (tertiary alicyclic amines) is 1. The number of rotatable bonds is 3. The summed E-state index contributed by atoms with van der Waals surface area (Å²) in [6.45, 7) is 4.45. The highest BCUT2D eigenvalue weighted by atomic mass is 19.4. The first-order valence-corrected chi connectivity index (χ1v) is 8.93. The Kier molecular flexibility index (Phi) is 5.71. The third-order valence-electron chi connectivity index (χ3n) is 4.34. The summed E-state index contributed by atoms with van der Waals surface area (Å²) in [5.74, 6) is 1.06. The molecule has 9 heteroatoms. The number of anilines is 1. The van der Waals surface area contributed by atoms with Gasteiger partial charge in [0.15, 0.2) is 0 Å². The number of aryl methyl sites for hydroxylation is 2. The number of benzene rings is 1. The van der Waals surface area contributed by atoms with Crippen LogP contribution in [0.1, 0.15) is 29.9 Å². The Labute approximate surface area is 160 Å². The molecular weight excluding hydrogens is 373 g/mol. The number of hydrogen-bond acceptors (Lipinski definition) is 4. The van der Waals surface area contributed by atoms with Crippen LogP contribution in [-0.4, -0.2) is 40.1 Å². The van der Waals surface area contributed by atoms with E-state index in [0.717, 1.165) is 30.7 Å². The normalized spacial score (nSPS) is 17.3. The summed E-state index contributed by atoms with van der Waals surface area (Å²) in [6, 6.07) is 5.85. The molecule has 0 aliphatic carbocycles. The molecule has 6 nitrogen and oxygen atoms in total. The molecule has 0 bridgehead atoms. The molecule has 2 amide bonds. The van der Waals surface area contributed by atoms with Crippen LogP contribution in [0.3, 0.4) is 0 Å². The average molecular weight is 394 g/mol. The molecule has 28 heavy (non-hydrogen) atoms. The van der Waals surface area contributed by atoms with Crippen LogP contribution in [0, 0.1) is 13.8 Å². The van der Waals surface area contributed by atoms with Gasteiger partial charge in [0.05, 0.1) is 12.1 Å². The predicted molar refractivity (Wildman–Crippen MR) is 97.2 cm³/mol. The first-order valence-electron chi connectivity index (χ1n) is 8.93. The minimum absolute atomic E-state index is 0.102. The van der Waals surface area contributed by atoms with Gasteiger partial charge in [-0.2, -0.15) is 18.2 Å². The molecule has 3 rings (SSSR count). The lowest BCUT2D eigenvalue weighted by molar-refractivity contribution is -0.137. The number of piperidine rings is 1. The maximum absolute atomic E-state index is 12.8. The molecule has 1 N–H and O–H groups in total. The lowest BCUT2D eigenvalue weighted by Gasteiger charge is -2.32. The maximum Gasteiger partial charge on any atom is 0.416 e. The monoisotopic (exact) mass is 394 g/mol. The van der Waals surface area contributed by atoms with Crippen LogP contribution < -0.4 is 10.1 Å². The molecule has 0 spiro atoms. The third kappa shape index (κ3) is 5.11. The summed E-state index contributed by atoms with van der Waals surface area (Å²) in [5.41, 5.74) is 0.0852. The van der Waals surface area contributed by atoms with Gasteiger partial charge in [-0.3, -0.25) is 0 Å². The van der Waals surface area contributed by atoms with Crippen LogP contribution in [0.2, 0.25) is 0 Å². The van der Waals surface area contributed by atoms with E-state index in [2.05, 4.69) is 15.3 Å². The average Bonchev–Trinajstić information content (AvgIpc) is 2.60. The number of amides is 2. The number of carbonyl (C=O) groups is 1. The third-order valence-corrected chi connectivity index (χ3v) is 4.34. The summed E-state index contributed by atoms with van der Waals surface area (Å²) in [6.07, 6.45) is -3.22. The number of alkyl halides is 3. The zero-order valence-electron chi connectivity index (χ0n) is 15.6. The van der Waals surface area contributed by atoms with Crippen LogP contribution in [-0.2, 0) is 6.18 Å². The van der Waals surface area contributed by atoms with Crippen molar-refractivity contribution in [3.63, 3.8) is 0 Å². The van der Waals surface area contributed by atoms with Crippen LogP contribution >= 0.6 is 0 Å². The van der Waals surface area contributed by atoms with Crippen molar-refractivity contribution < 1.29 is 22.7 Å². The number of nitrogens with one attached hydrogen (secondary N) is 1. The van der Waals surface area contributed by atoms with Gasteiger partial charge in [0.1, 0.15) is 11.9 Å². The fourth-order valence-electron chi connectivity index (χ4n) is 3.11. The van der Waals surface area contributed by atoms with E-state index in [-0.39, 0.29) is 11.8 Å². The highest BCUT2D eigenvalue weighted by Crippen LogP contribution is 2.30. The Balaban J connectivity index is 1.63. The number of hydrogen-bond donors (Lipinski definition) is 1. The molecule has 150 valence electrons. The van der Waals surface area contributed by atoms with Crippen molar-refractivity contribution in [3.05, 3.63) is 47.4 Å². The van der Waals surface area contributed by atoms with Crippen LogP contribution in [0.4, 0.5) is 23.7 Å². The topological polar surface area (TPSA) is 67.3 Å². The summed E-state index contributed by atoms with van der Waals surface area (Å²) in [5, 5.41) is 2.53. The molecule has 1 aromatic heterocycles. The minimum atomic E-state index is -4.46. The lowest BCUT2D eigenvalue weighted by Crippen LogP contribution is -2.46. The number of ether oxygens (including phenoxy) is 1. The van der Waals surface area contributed by atoms with E-state index in [1.807, 2.05) is 6.92 Å². The Hall–Kier alpha value is -2.84. The Morgan fingerprint density at radius 1 is 1.25 bits per heavy atom. The van der Waals surface area contributed by atoms with Gasteiger partial charge in [-0.05, 0) is 44.9 Å². The largest absolute Gasteiger partial charge is 0.472 e. The van der Waals surface area contributed by atoms with Crippen molar-refractivity contribution in [2.45, 2.75) is 39.0 Å². The second-order valence-electron chi connectivity index (χ2n) is 6.73. The van der Waals surface area contributed by atoms with Crippen LogP contribution in [0.5, 0.6) is 5.88 Å². The molecule has 2 heterocycles. The van der Waals surface area contributed by atoms with Crippen LogP contribution in [0.15, 0.2) is 30.3 Å². The number of nitrogens with zero attached hydrogens (tertiary/aromatic N) is 3. The predicted octanol–water partition coefficient (Wildman–Crippen LogP) is 4.19. The molecule has 1 saturated heterocycles. The number of halogens is 3. The maximum atomic E-state index is 12.8. The van der Waals surface area contributed by atoms with Crippen molar-refractivity contribution in [1.29, 1.82) is 0 Å². The van der Waals surface area contributed by atoms with Gasteiger partial charge in [0, 0.05) is 24.0 Å². The Morgan fingerprint density at radius 2 is 2.04 bits per heavy atom. The van der Waals surface area contributed by atoms with E-state index in [1.54, 1.807) is 13.0 Å². The fourth-order valence-corrected chi connectivity index (χ4v) is 3.11. The van der Waals surface area contributed by atoms with E-state index in [4.69, 9.17) is 4.74 Å². The van der Waals surface area contributed by atoms with Crippen molar-refractivity contribution in [2.24, 2.45) is 0 Å². The molecule has 0 radical (unpaired) electrons. The van der Waals surface area contributed by atoms with Gasteiger partial charge in [-0.25, -0.2) is 9.78 Å². The summed E-state index contributed by atoms with van der Waals surface area (Å²) >= 11 is 0. The van der Waals surface area contributed by atoms with E-state index < -0.39 is 17.8 Å². The van der Waals surface area contributed by atoms with E-state index >= 15 is 0 Å². The minimum Gasteiger partial charge on any atom is -0.472 e. The van der Waals surface area contributed by atoms with Crippen molar-refractivity contribution in [3.8, 4) is 5.88 Å².